The van der Waals surface area contributed by atoms with Crippen LogP contribution in [0.25, 0.3) is 0 Å². The molecule has 0 bridgehead atoms. The van der Waals surface area contributed by atoms with Gasteiger partial charge in [-0.3, -0.25) is 4.79 Å². The van der Waals surface area contributed by atoms with Crippen LogP contribution in [0.15, 0.2) is 28.7 Å². The van der Waals surface area contributed by atoms with E-state index in [1.165, 1.54) is 0 Å². The molecular weight excluding hydrogens is 263 g/mol. The Morgan fingerprint density at radius 3 is 2.93 bits per heavy atom. The van der Waals surface area contributed by atoms with Crippen LogP contribution in [0.3, 0.4) is 0 Å². The van der Waals surface area contributed by atoms with Crippen molar-refractivity contribution in [2.75, 3.05) is 6.61 Å². The summed E-state index contributed by atoms with van der Waals surface area (Å²) in [5.41, 5.74) is 0.484. The average molecular weight is 275 g/mol. The van der Waals surface area contributed by atoms with Gasteiger partial charge in [-0.15, -0.1) is 0 Å². The van der Waals surface area contributed by atoms with Gasteiger partial charge < -0.3 is 4.74 Å². The maximum Gasteiger partial charge on any atom is 0.309 e. The van der Waals surface area contributed by atoms with E-state index in [9.17, 15) is 9.18 Å². The minimum Gasteiger partial charge on any atom is -0.466 e. The van der Waals surface area contributed by atoms with Crippen molar-refractivity contribution in [3.63, 3.8) is 0 Å². The molecule has 0 spiro atoms. The fourth-order valence-electron chi connectivity index (χ4n) is 1.19. The van der Waals surface area contributed by atoms with Gasteiger partial charge in [0.1, 0.15) is 6.17 Å². The predicted molar refractivity (Wildman–Crippen MR) is 59.2 cm³/mol. The maximum absolute atomic E-state index is 13.6. The second-order valence-electron chi connectivity index (χ2n) is 3.03. The van der Waals surface area contributed by atoms with Gasteiger partial charge in [-0.25, -0.2) is 4.39 Å². The van der Waals surface area contributed by atoms with E-state index in [0.29, 0.717) is 5.56 Å². The van der Waals surface area contributed by atoms with Gasteiger partial charge in [0.05, 0.1) is 13.0 Å². The molecular formula is C11H12BrFO2. The molecule has 0 aliphatic heterocycles. The van der Waals surface area contributed by atoms with Gasteiger partial charge in [0, 0.05) is 4.47 Å². The second kappa shape index (κ2) is 5.85. The standard InChI is InChI=1S/C11H12BrFO2/c1-2-15-11(14)7-10(13)8-4-3-5-9(12)6-8/h3-6,10H,2,7H2,1H3. The summed E-state index contributed by atoms with van der Waals surface area (Å²) in [5.74, 6) is -0.509. The summed E-state index contributed by atoms with van der Waals surface area (Å²) >= 11 is 3.24. The van der Waals surface area contributed by atoms with Crippen LogP contribution in [0.2, 0.25) is 0 Å². The summed E-state index contributed by atoms with van der Waals surface area (Å²) in [5, 5.41) is 0. The molecule has 0 heterocycles. The summed E-state index contributed by atoms with van der Waals surface area (Å²) in [6.45, 7) is 1.98. The highest BCUT2D eigenvalue weighted by Gasteiger charge is 2.15. The highest BCUT2D eigenvalue weighted by atomic mass is 79.9. The number of esters is 1. The molecule has 4 heteroatoms. The van der Waals surface area contributed by atoms with Crippen molar-refractivity contribution in [1.29, 1.82) is 0 Å². The molecule has 15 heavy (non-hydrogen) atoms. The van der Waals surface area contributed by atoms with Crippen LogP contribution in [0.4, 0.5) is 4.39 Å². The van der Waals surface area contributed by atoms with Crippen molar-refractivity contribution in [1.82, 2.24) is 0 Å². The number of hydrogen-bond donors (Lipinski definition) is 0. The lowest BCUT2D eigenvalue weighted by Gasteiger charge is -2.08. The number of halogens is 2. The number of hydrogen-bond acceptors (Lipinski definition) is 2. The Hall–Kier alpha value is -0.900. The molecule has 0 aliphatic rings. The van der Waals surface area contributed by atoms with Crippen molar-refractivity contribution < 1.29 is 13.9 Å². The van der Waals surface area contributed by atoms with Gasteiger partial charge in [0.25, 0.3) is 0 Å². The van der Waals surface area contributed by atoms with Crippen LogP contribution in [0, 0.1) is 0 Å². The zero-order valence-electron chi connectivity index (χ0n) is 8.37. The lowest BCUT2D eigenvalue weighted by atomic mass is 10.1. The molecule has 0 amide bonds. The van der Waals surface area contributed by atoms with E-state index >= 15 is 0 Å². The van der Waals surface area contributed by atoms with E-state index < -0.39 is 12.1 Å². The fourth-order valence-corrected chi connectivity index (χ4v) is 1.60. The van der Waals surface area contributed by atoms with Crippen LogP contribution in [-0.2, 0) is 9.53 Å². The smallest absolute Gasteiger partial charge is 0.309 e. The molecule has 0 fully saturated rings. The molecule has 1 rings (SSSR count). The number of rotatable bonds is 4. The molecule has 0 N–H and O–H groups in total. The minimum atomic E-state index is -1.30. The number of benzene rings is 1. The molecule has 0 radical (unpaired) electrons. The first kappa shape index (κ1) is 12.2. The van der Waals surface area contributed by atoms with Gasteiger partial charge in [0.2, 0.25) is 0 Å². The molecule has 0 aromatic heterocycles. The molecule has 1 unspecified atom stereocenters. The number of carbonyl (C=O) groups excluding carboxylic acids is 1. The molecule has 0 saturated heterocycles. The Labute approximate surface area is 96.6 Å². The molecule has 1 aromatic carbocycles. The first-order chi connectivity index (χ1) is 7.13. The number of carbonyl (C=O) groups is 1. The zero-order chi connectivity index (χ0) is 11.3. The Kier molecular flexibility index (Phi) is 4.75. The van der Waals surface area contributed by atoms with Crippen LogP contribution in [0.1, 0.15) is 25.1 Å². The lowest BCUT2D eigenvalue weighted by Crippen LogP contribution is -2.07. The topological polar surface area (TPSA) is 26.3 Å². The monoisotopic (exact) mass is 274 g/mol. The van der Waals surface area contributed by atoms with Gasteiger partial charge in [-0.2, -0.15) is 0 Å². The molecule has 1 aromatic rings. The molecule has 0 saturated carbocycles. The third kappa shape index (κ3) is 4.00. The highest BCUT2D eigenvalue weighted by molar-refractivity contribution is 9.10. The summed E-state index contributed by atoms with van der Waals surface area (Å²) in [6, 6.07) is 6.84. The van der Waals surface area contributed by atoms with Crippen molar-refractivity contribution in [3.8, 4) is 0 Å². The predicted octanol–water partition coefficient (Wildman–Crippen LogP) is 3.41. The van der Waals surface area contributed by atoms with Gasteiger partial charge in [0.15, 0.2) is 0 Å². The van der Waals surface area contributed by atoms with E-state index in [4.69, 9.17) is 0 Å². The molecule has 82 valence electrons. The SMILES string of the molecule is CCOC(=O)CC(F)c1cccc(Br)c1. The van der Waals surface area contributed by atoms with Crippen molar-refractivity contribution in [2.45, 2.75) is 19.5 Å². The van der Waals surface area contributed by atoms with Gasteiger partial charge in [-0.05, 0) is 24.6 Å². The Morgan fingerprint density at radius 1 is 1.60 bits per heavy atom. The summed E-state index contributed by atoms with van der Waals surface area (Å²) < 4.78 is 19.0. The van der Waals surface area contributed by atoms with Gasteiger partial charge >= 0.3 is 5.97 Å². The van der Waals surface area contributed by atoms with Crippen molar-refractivity contribution >= 4 is 21.9 Å². The summed E-state index contributed by atoms with van der Waals surface area (Å²) in [4.78, 5) is 11.0. The van der Waals surface area contributed by atoms with Gasteiger partial charge in [-0.1, -0.05) is 28.1 Å². The van der Waals surface area contributed by atoms with Crippen LogP contribution < -0.4 is 0 Å². The first-order valence-corrected chi connectivity index (χ1v) is 5.48. The Bertz CT molecular complexity index is 341. The van der Waals surface area contributed by atoms with E-state index in [2.05, 4.69) is 20.7 Å². The third-order valence-corrected chi connectivity index (χ3v) is 2.35. The highest BCUT2D eigenvalue weighted by Crippen LogP contribution is 2.24. The van der Waals surface area contributed by atoms with E-state index in [1.807, 2.05) is 0 Å². The Morgan fingerprint density at radius 2 is 2.33 bits per heavy atom. The molecule has 1 atom stereocenters. The van der Waals surface area contributed by atoms with E-state index in [0.717, 1.165) is 4.47 Å². The van der Waals surface area contributed by atoms with Crippen molar-refractivity contribution in [3.05, 3.63) is 34.3 Å². The second-order valence-corrected chi connectivity index (χ2v) is 3.95. The maximum atomic E-state index is 13.6. The molecule has 2 nitrogen and oxygen atoms in total. The quantitative estimate of drug-likeness (QED) is 0.787. The fraction of sp³-hybridized carbons (Fsp3) is 0.364. The summed E-state index contributed by atoms with van der Waals surface area (Å²) in [6.07, 6.45) is -1.54. The van der Waals surface area contributed by atoms with Crippen molar-refractivity contribution in [2.24, 2.45) is 0 Å². The first-order valence-electron chi connectivity index (χ1n) is 4.68. The van der Waals surface area contributed by atoms with E-state index in [1.54, 1.807) is 31.2 Å². The summed E-state index contributed by atoms with van der Waals surface area (Å²) in [7, 11) is 0. The minimum absolute atomic E-state index is 0.232. The van der Waals surface area contributed by atoms with Crippen LogP contribution in [0.5, 0.6) is 0 Å². The van der Waals surface area contributed by atoms with Crippen LogP contribution >= 0.6 is 15.9 Å². The number of alkyl halides is 1. The largest absolute Gasteiger partial charge is 0.466 e. The third-order valence-electron chi connectivity index (χ3n) is 1.86. The van der Waals surface area contributed by atoms with E-state index in [-0.39, 0.29) is 13.0 Å². The average Bonchev–Trinajstić information content (AvgIpc) is 2.18. The lowest BCUT2D eigenvalue weighted by molar-refractivity contribution is -0.144. The normalized spacial score (nSPS) is 12.2. The Balaban J connectivity index is 2.60. The number of ether oxygens (including phenoxy) is 1. The zero-order valence-corrected chi connectivity index (χ0v) is 9.96. The van der Waals surface area contributed by atoms with Crippen LogP contribution in [-0.4, -0.2) is 12.6 Å². The molecule has 0 aliphatic carbocycles.